The smallest absolute Gasteiger partial charge is 0.276 e. The largest absolute Gasteiger partial charge is 0.508 e. The highest BCUT2D eigenvalue weighted by Gasteiger charge is 2.36. The molecule has 74 valence electrons. The molecule has 0 unspecified atom stereocenters. The van der Waals surface area contributed by atoms with Gasteiger partial charge in [0, 0.05) is 0 Å². The molecule has 10 heteroatoms. The Morgan fingerprint density at radius 3 is 1.92 bits per heavy atom. The highest BCUT2D eigenvalue weighted by atomic mass is 35.5. The van der Waals surface area contributed by atoms with Gasteiger partial charge in [0.15, 0.2) is 6.61 Å². The van der Waals surface area contributed by atoms with E-state index in [0.717, 1.165) is 0 Å². The molecular formula is C2H2Cl2F3O4P. The lowest BCUT2D eigenvalue weighted by atomic mass is 10.7. The zero-order valence-electron chi connectivity index (χ0n) is 5.18. The summed E-state index contributed by atoms with van der Waals surface area (Å²) in [6, 6.07) is 0. The van der Waals surface area contributed by atoms with Gasteiger partial charge in [0.05, 0.1) is 23.7 Å². The van der Waals surface area contributed by atoms with Crippen LogP contribution in [0.25, 0.3) is 0 Å². The van der Waals surface area contributed by atoms with Crippen LogP contribution in [0.4, 0.5) is 13.2 Å². The molecule has 0 saturated carbocycles. The van der Waals surface area contributed by atoms with Gasteiger partial charge in [-0.25, -0.2) is 4.57 Å². The minimum absolute atomic E-state index is 1.83. The molecule has 12 heavy (non-hydrogen) atoms. The Bertz CT molecular complexity index is 176. The summed E-state index contributed by atoms with van der Waals surface area (Å²) in [5.41, 5.74) is 0. The fraction of sp³-hybridized carbons (Fsp3) is 1.00. The van der Waals surface area contributed by atoms with Gasteiger partial charge in [-0.3, -0.25) is 4.52 Å². The molecule has 0 amide bonds. The first-order valence-electron chi connectivity index (χ1n) is 2.25. The Labute approximate surface area is 75.4 Å². The highest BCUT2D eigenvalue weighted by Crippen LogP contribution is 2.52. The van der Waals surface area contributed by atoms with E-state index in [0.29, 0.717) is 0 Å². The molecule has 0 heterocycles. The molecule has 0 bridgehead atoms. The SMILES string of the molecule is O=P(OCl)(OCl)OCC(F)(F)F. The standard InChI is InChI=1S/C2H2Cl2F3O4P/c3-10-12(8,11-4)9-1-2(5,6)7/h1H2. The zero-order chi connectivity index (χ0) is 9.83. The third-order valence-corrected chi connectivity index (χ3v) is 2.35. The number of halogens is 5. The normalized spacial score (nSPS) is 13.4. The number of rotatable bonds is 4. The topological polar surface area (TPSA) is 44.8 Å². The van der Waals surface area contributed by atoms with Gasteiger partial charge in [-0.15, -0.1) is 0 Å². The molecule has 0 rings (SSSR count). The molecule has 0 aliphatic carbocycles. The van der Waals surface area contributed by atoms with Crippen LogP contribution in [0.1, 0.15) is 0 Å². The summed E-state index contributed by atoms with van der Waals surface area (Å²) in [6.07, 6.45) is -4.67. The highest BCUT2D eigenvalue weighted by molar-refractivity contribution is 7.50. The number of hydrogen-bond acceptors (Lipinski definition) is 4. The Balaban J connectivity index is 3.99. The van der Waals surface area contributed by atoms with Gasteiger partial charge in [-0.1, -0.05) is 0 Å². The lowest BCUT2D eigenvalue weighted by Gasteiger charge is -2.10. The molecule has 0 atom stereocenters. The lowest BCUT2D eigenvalue weighted by molar-refractivity contribution is -0.156. The summed E-state index contributed by atoms with van der Waals surface area (Å²) in [7, 11) is -4.47. The molecule has 0 spiro atoms. The van der Waals surface area contributed by atoms with E-state index in [9.17, 15) is 17.7 Å². The zero-order valence-corrected chi connectivity index (χ0v) is 7.58. The summed E-state index contributed by atoms with van der Waals surface area (Å²) in [4.78, 5) is 0. The van der Waals surface area contributed by atoms with E-state index >= 15 is 0 Å². The van der Waals surface area contributed by atoms with Crippen molar-refractivity contribution in [1.82, 2.24) is 0 Å². The van der Waals surface area contributed by atoms with Crippen molar-refractivity contribution >= 4 is 31.6 Å². The van der Waals surface area contributed by atoms with Crippen molar-refractivity contribution in [1.29, 1.82) is 0 Å². The minimum atomic E-state index is -4.67. The maximum absolute atomic E-state index is 11.4. The summed E-state index contributed by atoms with van der Waals surface area (Å²) >= 11 is 8.95. The van der Waals surface area contributed by atoms with Crippen molar-refractivity contribution in [2.75, 3.05) is 6.61 Å². The first-order valence-corrected chi connectivity index (χ1v) is 4.33. The number of hydrogen-bond donors (Lipinski definition) is 0. The van der Waals surface area contributed by atoms with Crippen LogP contribution < -0.4 is 0 Å². The third-order valence-electron chi connectivity index (χ3n) is 0.555. The number of phosphoric acid groups is 1. The van der Waals surface area contributed by atoms with E-state index in [1.807, 2.05) is 0 Å². The molecule has 0 aromatic carbocycles. The van der Waals surface area contributed by atoms with Crippen LogP contribution in [0.2, 0.25) is 0 Å². The van der Waals surface area contributed by atoms with Crippen LogP contribution in [-0.4, -0.2) is 12.8 Å². The van der Waals surface area contributed by atoms with Gasteiger partial charge in [0.2, 0.25) is 0 Å². The Hall–Kier alpha value is 0.480. The Morgan fingerprint density at radius 2 is 1.67 bits per heavy atom. The third kappa shape index (κ3) is 5.18. The Morgan fingerprint density at radius 1 is 1.25 bits per heavy atom. The van der Waals surface area contributed by atoms with E-state index in [1.165, 1.54) is 0 Å². The molecule has 0 aromatic rings. The van der Waals surface area contributed by atoms with Gasteiger partial charge >= 0.3 is 14.0 Å². The van der Waals surface area contributed by atoms with Crippen molar-refractivity contribution in [2.45, 2.75) is 6.18 Å². The summed E-state index contributed by atoms with van der Waals surface area (Å²) in [5.74, 6) is 0. The van der Waals surface area contributed by atoms with Gasteiger partial charge < -0.3 is 0 Å². The maximum atomic E-state index is 11.4. The molecule has 0 saturated heterocycles. The van der Waals surface area contributed by atoms with Crippen molar-refractivity contribution in [3.05, 3.63) is 0 Å². The lowest BCUT2D eigenvalue weighted by Crippen LogP contribution is -2.15. The van der Waals surface area contributed by atoms with Gasteiger partial charge in [-0.2, -0.15) is 21.3 Å². The monoisotopic (exact) mass is 248 g/mol. The molecule has 0 fully saturated rings. The van der Waals surface area contributed by atoms with Crippen LogP contribution in [-0.2, 0) is 17.2 Å². The first-order chi connectivity index (χ1) is 5.33. The van der Waals surface area contributed by atoms with Crippen LogP contribution in [0.5, 0.6) is 0 Å². The number of alkyl halides is 3. The fourth-order valence-corrected chi connectivity index (χ4v) is 1.10. The molecule has 4 nitrogen and oxygen atoms in total. The molecule has 0 aromatic heterocycles. The van der Waals surface area contributed by atoms with E-state index in [2.05, 4.69) is 36.4 Å². The first kappa shape index (κ1) is 12.5. The van der Waals surface area contributed by atoms with Gasteiger partial charge in [0.25, 0.3) is 0 Å². The van der Waals surface area contributed by atoms with Crippen molar-refractivity contribution < 1.29 is 30.4 Å². The summed E-state index contributed by atoms with van der Waals surface area (Å²) in [6.45, 7) is -1.83. The average molecular weight is 249 g/mol. The minimum Gasteiger partial charge on any atom is -0.276 e. The average Bonchev–Trinajstić information content (AvgIpc) is 1.99. The van der Waals surface area contributed by atoms with Gasteiger partial charge in [-0.05, 0) is 0 Å². The summed E-state index contributed by atoms with van der Waals surface area (Å²) < 4.78 is 55.3. The second kappa shape index (κ2) is 4.64. The second-order valence-electron chi connectivity index (χ2n) is 1.47. The fourth-order valence-electron chi connectivity index (χ4n) is 0.203. The van der Waals surface area contributed by atoms with Gasteiger partial charge in [0.1, 0.15) is 0 Å². The summed E-state index contributed by atoms with van der Waals surface area (Å²) in [5, 5.41) is 0. The van der Waals surface area contributed by atoms with Crippen LogP contribution in [0.15, 0.2) is 0 Å². The van der Waals surface area contributed by atoms with E-state index in [4.69, 9.17) is 0 Å². The van der Waals surface area contributed by atoms with Crippen molar-refractivity contribution in [3.8, 4) is 0 Å². The maximum Gasteiger partial charge on any atom is 0.508 e. The second-order valence-corrected chi connectivity index (χ2v) is 3.73. The van der Waals surface area contributed by atoms with E-state index in [1.54, 1.807) is 0 Å². The molecule has 0 aliphatic heterocycles. The van der Waals surface area contributed by atoms with Crippen LogP contribution in [0.3, 0.4) is 0 Å². The van der Waals surface area contributed by atoms with Crippen LogP contribution in [0, 0.1) is 0 Å². The van der Waals surface area contributed by atoms with Crippen LogP contribution >= 0.6 is 31.6 Å². The molecular weight excluding hydrogens is 247 g/mol. The van der Waals surface area contributed by atoms with E-state index < -0.39 is 20.6 Å². The quantitative estimate of drug-likeness (QED) is 0.718. The Kier molecular flexibility index (Phi) is 4.83. The molecule has 0 N–H and O–H groups in total. The predicted octanol–water partition coefficient (Wildman–Crippen LogP) is 3.01. The van der Waals surface area contributed by atoms with Crippen molar-refractivity contribution in [2.24, 2.45) is 0 Å². The van der Waals surface area contributed by atoms with E-state index in [-0.39, 0.29) is 0 Å². The molecule has 0 radical (unpaired) electrons. The predicted molar refractivity (Wildman–Crippen MR) is 33.5 cm³/mol. The molecule has 0 aliphatic rings. The van der Waals surface area contributed by atoms with Crippen molar-refractivity contribution in [3.63, 3.8) is 0 Å².